The number of amides is 1. The predicted molar refractivity (Wildman–Crippen MR) is 87.0 cm³/mol. The average Bonchev–Trinajstić information content (AvgIpc) is 2.59. The smallest absolute Gasteiger partial charge is 0.269 e. The normalized spacial score (nSPS) is 18.5. The Bertz CT molecular complexity index is 597. The summed E-state index contributed by atoms with van der Waals surface area (Å²) < 4.78 is 0. The zero-order valence-electron chi connectivity index (χ0n) is 13.3. The summed E-state index contributed by atoms with van der Waals surface area (Å²) in [6, 6.07) is 4.99. The second kappa shape index (κ2) is 7.08. The van der Waals surface area contributed by atoms with Crippen LogP contribution in [0, 0.1) is 16.0 Å². The van der Waals surface area contributed by atoms with Gasteiger partial charge in [-0.2, -0.15) is 0 Å². The van der Waals surface area contributed by atoms with Crippen LogP contribution in [0.5, 0.6) is 0 Å². The number of hydrogen-bond donors (Lipinski definition) is 1. The quantitative estimate of drug-likeness (QED) is 0.683. The van der Waals surface area contributed by atoms with E-state index in [1.807, 2.05) is 11.0 Å². The van der Waals surface area contributed by atoms with Crippen molar-refractivity contribution in [2.75, 3.05) is 19.6 Å². The number of benzene rings is 1. The van der Waals surface area contributed by atoms with Crippen LogP contribution in [-0.4, -0.2) is 35.4 Å². The average molecular weight is 317 g/mol. The molecule has 1 aromatic carbocycles. The highest BCUT2D eigenvalue weighted by molar-refractivity contribution is 5.76. The molecule has 2 aliphatic heterocycles. The molecule has 3 rings (SSSR count). The lowest BCUT2D eigenvalue weighted by molar-refractivity contribution is -0.385. The maximum Gasteiger partial charge on any atom is 0.269 e. The van der Waals surface area contributed by atoms with E-state index in [2.05, 4.69) is 5.32 Å². The Morgan fingerprint density at radius 2 is 2.09 bits per heavy atom. The van der Waals surface area contributed by atoms with Gasteiger partial charge in [0.1, 0.15) is 0 Å². The summed E-state index contributed by atoms with van der Waals surface area (Å²) in [6.07, 6.45) is 4.64. The Balaban J connectivity index is 1.58. The van der Waals surface area contributed by atoms with E-state index in [4.69, 9.17) is 0 Å². The van der Waals surface area contributed by atoms with Crippen molar-refractivity contribution in [2.45, 2.75) is 38.6 Å². The second-order valence-electron chi connectivity index (χ2n) is 6.51. The van der Waals surface area contributed by atoms with Gasteiger partial charge in [-0.05, 0) is 55.8 Å². The van der Waals surface area contributed by atoms with E-state index in [1.54, 1.807) is 12.1 Å². The fourth-order valence-electron chi connectivity index (χ4n) is 3.53. The lowest BCUT2D eigenvalue weighted by Gasteiger charge is -2.30. The number of fused-ring (bicyclic) bond motifs is 1. The van der Waals surface area contributed by atoms with E-state index in [0.717, 1.165) is 56.4 Å². The van der Waals surface area contributed by atoms with Crippen molar-refractivity contribution in [3.8, 4) is 0 Å². The minimum Gasteiger partial charge on any atom is -0.338 e. The van der Waals surface area contributed by atoms with Gasteiger partial charge in [-0.15, -0.1) is 0 Å². The Kier molecular flexibility index (Phi) is 4.91. The zero-order chi connectivity index (χ0) is 16.2. The molecule has 0 aliphatic carbocycles. The van der Waals surface area contributed by atoms with Gasteiger partial charge in [0.15, 0.2) is 0 Å². The first kappa shape index (κ1) is 15.9. The van der Waals surface area contributed by atoms with Crippen LogP contribution >= 0.6 is 0 Å². The van der Waals surface area contributed by atoms with Gasteiger partial charge in [-0.3, -0.25) is 14.9 Å². The molecular weight excluding hydrogens is 294 g/mol. The van der Waals surface area contributed by atoms with Crippen molar-refractivity contribution >= 4 is 11.6 Å². The number of nitrogens with zero attached hydrogens (tertiary/aromatic N) is 2. The summed E-state index contributed by atoms with van der Waals surface area (Å²) in [7, 11) is 0. The number of carbonyl (C=O) groups is 1. The maximum absolute atomic E-state index is 12.4. The summed E-state index contributed by atoms with van der Waals surface area (Å²) in [5, 5.41) is 14.2. The molecule has 1 aromatic rings. The topological polar surface area (TPSA) is 75.5 Å². The lowest BCUT2D eigenvalue weighted by Crippen LogP contribution is -2.36. The summed E-state index contributed by atoms with van der Waals surface area (Å²) >= 11 is 0. The number of hydrogen-bond acceptors (Lipinski definition) is 4. The molecule has 124 valence electrons. The number of non-ortho nitro benzene ring substituents is 1. The first-order valence-corrected chi connectivity index (χ1v) is 8.38. The minimum atomic E-state index is -0.377. The first-order chi connectivity index (χ1) is 11.1. The zero-order valence-corrected chi connectivity index (χ0v) is 13.3. The molecule has 0 saturated carbocycles. The van der Waals surface area contributed by atoms with Crippen LogP contribution in [0.1, 0.15) is 36.8 Å². The van der Waals surface area contributed by atoms with E-state index in [1.165, 1.54) is 0 Å². The standard InChI is InChI=1S/C17H23N3O3/c21-17(4-1-13-5-8-18-9-6-13)19-10-7-14-2-3-16(20(22)23)11-15(14)12-19/h2-3,11,13,18H,1,4-10,12H2. The van der Waals surface area contributed by atoms with Gasteiger partial charge in [0.05, 0.1) is 4.92 Å². The van der Waals surface area contributed by atoms with Gasteiger partial charge in [0, 0.05) is 31.6 Å². The van der Waals surface area contributed by atoms with Crippen LogP contribution in [0.3, 0.4) is 0 Å². The van der Waals surface area contributed by atoms with E-state index < -0.39 is 0 Å². The molecule has 0 radical (unpaired) electrons. The molecule has 2 heterocycles. The molecule has 0 atom stereocenters. The van der Waals surface area contributed by atoms with Gasteiger partial charge in [0.2, 0.25) is 5.91 Å². The number of nitro groups is 1. The van der Waals surface area contributed by atoms with Gasteiger partial charge >= 0.3 is 0 Å². The van der Waals surface area contributed by atoms with E-state index in [9.17, 15) is 14.9 Å². The summed E-state index contributed by atoms with van der Waals surface area (Å²) in [5.74, 6) is 0.832. The molecule has 0 unspecified atom stereocenters. The molecule has 0 spiro atoms. The number of piperidine rings is 1. The van der Waals surface area contributed by atoms with Crippen molar-refractivity contribution in [3.05, 3.63) is 39.4 Å². The van der Waals surface area contributed by atoms with E-state index in [-0.39, 0.29) is 16.5 Å². The van der Waals surface area contributed by atoms with Crippen LogP contribution in [0.15, 0.2) is 18.2 Å². The van der Waals surface area contributed by atoms with Crippen molar-refractivity contribution in [1.29, 1.82) is 0 Å². The SMILES string of the molecule is O=C(CCC1CCNCC1)N1CCc2ccc([N+](=O)[O-])cc2C1. The number of nitro benzene ring substituents is 1. The molecule has 0 bridgehead atoms. The molecule has 23 heavy (non-hydrogen) atoms. The molecule has 2 aliphatic rings. The molecular formula is C17H23N3O3. The Labute approximate surface area is 136 Å². The Morgan fingerprint density at radius 3 is 2.83 bits per heavy atom. The van der Waals surface area contributed by atoms with E-state index >= 15 is 0 Å². The minimum absolute atomic E-state index is 0.104. The first-order valence-electron chi connectivity index (χ1n) is 8.38. The highest BCUT2D eigenvalue weighted by Gasteiger charge is 2.23. The summed E-state index contributed by atoms with van der Waals surface area (Å²) in [6.45, 7) is 3.33. The molecule has 0 aromatic heterocycles. The third kappa shape index (κ3) is 3.88. The van der Waals surface area contributed by atoms with Crippen molar-refractivity contribution in [1.82, 2.24) is 10.2 Å². The Morgan fingerprint density at radius 1 is 1.30 bits per heavy atom. The molecule has 6 heteroatoms. The summed E-state index contributed by atoms with van der Waals surface area (Å²) in [5.41, 5.74) is 2.14. The van der Waals surface area contributed by atoms with Crippen molar-refractivity contribution in [3.63, 3.8) is 0 Å². The third-order valence-corrected chi connectivity index (χ3v) is 4.99. The summed E-state index contributed by atoms with van der Waals surface area (Å²) in [4.78, 5) is 24.8. The highest BCUT2D eigenvalue weighted by atomic mass is 16.6. The van der Waals surface area contributed by atoms with Gasteiger partial charge in [0.25, 0.3) is 5.69 Å². The molecule has 1 N–H and O–H groups in total. The number of carbonyl (C=O) groups excluding carboxylic acids is 1. The predicted octanol–water partition coefficient (Wildman–Crippen LogP) is 2.26. The second-order valence-corrected chi connectivity index (χ2v) is 6.51. The fraction of sp³-hybridized carbons (Fsp3) is 0.588. The molecule has 6 nitrogen and oxygen atoms in total. The maximum atomic E-state index is 12.4. The van der Waals surface area contributed by atoms with Crippen LogP contribution in [0.2, 0.25) is 0 Å². The van der Waals surface area contributed by atoms with Gasteiger partial charge in [-0.1, -0.05) is 6.07 Å². The van der Waals surface area contributed by atoms with Crippen LogP contribution in [0.25, 0.3) is 0 Å². The largest absolute Gasteiger partial charge is 0.338 e. The highest BCUT2D eigenvalue weighted by Crippen LogP contribution is 2.25. The Hall–Kier alpha value is -1.95. The molecule has 1 amide bonds. The molecule has 1 saturated heterocycles. The van der Waals surface area contributed by atoms with Crippen LogP contribution in [-0.2, 0) is 17.8 Å². The van der Waals surface area contributed by atoms with Crippen molar-refractivity contribution in [2.24, 2.45) is 5.92 Å². The van der Waals surface area contributed by atoms with E-state index in [0.29, 0.717) is 18.9 Å². The van der Waals surface area contributed by atoms with Crippen LogP contribution in [0.4, 0.5) is 5.69 Å². The monoisotopic (exact) mass is 317 g/mol. The third-order valence-electron chi connectivity index (χ3n) is 4.99. The van der Waals surface area contributed by atoms with Gasteiger partial charge in [-0.25, -0.2) is 0 Å². The number of nitrogens with one attached hydrogen (secondary N) is 1. The number of rotatable bonds is 4. The fourth-order valence-corrected chi connectivity index (χ4v) is 3.53. The van der Waals surface area contributed by atoms with Crippen LogP contribution < -0.4 is 5.32 Å². The van der Waals surface area contributed by atoms with Crippen molar-refractivity contribution < 1.29 is 9.72 Å². The molecule has 1 fully saturated rings. The van der Waals surface area contributed by atoms with Gasteiger partial charge < -0.3 is 10.2 Å². The lowest BCUT2D eigenvalue weighted by atomic mass is 9.92.